The van der Waals surface area contributed by atoms with Gasteiger partial charge in [0.2, 0.25) is 0 Å². The van der Waals surface area contributed by atoms with Crippen LogP contribution in [0.4, 0.5) is 0 Å². The normalized spacial score (nSPS) is 12.6. The second-order valence-electron chi connectivity index (χ2n) is 3.76. The van der Waals surface area contributed by atoms with Gasteiger partial charge in [-0.1, -0.05) is 13.0 Å². The lowest BCUT2D eigenvalue weighted by molar-refractivity contribution is 0.164. The van der Waals surface area contributed by atoms with Crippen LogP contribution < -0.4 is 5.32 Å². The van der Waals surface area contributed by atoms with Crippen molar-refractivity contribution < 1.29 is 14.9 Å². The van der Waals surface area contributed by atoms with Crippen LogP contribution in [0.1, 0.15) is 18.9 Å². The van der Waals surface area contributed by atoms with Gasteiger partial charge in [-0.05, 0) is 24.1 Å². The van der Waals surface area contributed by atoms with Gasteiger partial charge in [0, 0.05) is 19.7 Å². The first kappa shape index (κ1) is 12.8. The van der Waals surface area contributed by atoms with E-state index in [1.54, 1.807) is 19.2 Å². The Balaban J connectivity index is 2.50. The van der Waals surface area contributed by atoms with Crippen LogP contribution in [0, 0.1) is 0 Å². The summed E-state index contributed by atoms with van der Waals surface area (Å²) in [6.07, 6.45) is 0.984. The molecule has 16 heavy (non-hydrogen) atoms. The average Bonchev–Trinajstić information content (AvgIpc) is 2.28. The maximum Gasteiger partial charge on any atom is 0.157 e. The highest BCUT2D eigenvalue weighted by molar-refractivity contribution is 5.40. The van der Waals surface area contributed by atoms with Gasteiger partial charge in [-0.25, -0.2) is 0 Å². The smallest absolute Gasteiger partial charge is 0.157 e. The lowest BCUT2D eigenvalue weighted by Crippen LogP contribution is -2.31. The second-order valence-corrected chi connectivity index (χ2v) is 3.76. The molecule has 0 fully saturated rings. The third kappa shape index (κ3) is 3.72. The minimum Gasteiger partial charge on any atom is -0.504 e. The van der Waals surface area contributed by atoms with Crippen LogP contribution in [0.5, 0.6) is 11.5 Å². The summed E-state index contributed by atoms with van der Waals surface area (Å²) in [5.74, 6) is -0.174. The number of hydrogen-bond acceptors (Lipinski definition) is 4. The molecule has 0 aromatic heterocycles. The van der Waals surface area contributed by atoms with Crippen molar-refractivity contribution >= 4 is 0 Å². The van der Waals surface area contributed by atoms with E-state index < -0.39 is 0 Å². The summed E-state index contributed by atoms with van der Waals surface area (Å²) < 4.78 is 5.07. The Labute approximate surface area is 95.9 Å². The summed E-state index contributed by atoms with van der Waals surface area (Å²) in [6.45, 7) is 3.40. The van der Waals surface area contributed by atoms with E-state index in [1.807, 2.05) is 0 Å². The first-order chi connectivity index (χ1) is 7.67. The monoisotopic (exact) mass is 225 g/mol. The van der Waals surface area contributed by atoms with Gasteiger partial charge >= 0.3 is 0 Å². The average molecular weight is 225 g/mol. The van der Waals surface area contributed by atoms with Crippen LogP contribution in [-0.4, -0.2) is 30.0 Å². The molecule has 3 N–H and O–H groups in total. The van der Waals surface area contributed by atoms with Crippen molar-refractivity contribution in [2.24, 2.45) is 0 Å². The Hall–Kier alpha value is -1.26. The molecule has 4 heteroatoms. The zero-order valence-corrected chi connectivity index (χ0v) is 9.73. The third-order valence-corrected chi connectivity index (χ3v) is 2.50. The van der Waals surface area contributed by atoms with Gasteiger partial charge in [0.25, 0.3) is 0 Å². The molecule has 1 atom stereocenters. The molecule has 1 aromatic rings. The molecule has 0 amide bonds. The number of phenols is 2. The van der Waals surface area contributed by atoms with Crippen molar-refractivity contribution in [1.82, 2.24) is 5.32 Å². The van der Waals surface area contributed by atoms with Gasteiger partial charge in [0.1, 0.15) is 0 Å². The molecular formula is C12H19NO3. The van der Waals surface area contributed by atoms with Gasteiger partial charge < -0.3 is 20.3 Å². The first-order valence-electron chi connectivity index (χ1n) is 5.40. The van der Waals surface area contributed by atoms with E-state index in [2.05, 4.69) is 12.2 Å². The summed E-state index contributed by atoms with van der Waals surface area (Å²) in [5.41, 5.74) is 0.935. The summed E-state index contributed by atoms with van der Waals surface area (Å²) in [7, 11) is 1.68. The Bertz CT molecular complexity index is 328. The molecular weight excluding hydrogens is 206 g/mol. The number of hydrogen-bond donors (Lipinski definition) is 3. The number of nitrogens with one attached hydrogen (secondary N) is 1. The van der Waals surface area contributed by atoms with Gasteiger partial charge in [0.15, 0.2) is 11.5 Å². The van der Waals surface area contributed by atoms with Crippen LogP contribution in [-0.2, 0) is 11.3 Å². The molecule has 0 bridgehead atoms. The molecule has 0 heterocycles. The SMILES string of the molecule is CCC(COC)NCc1ccc(O)c(O)c1. The third-order valence-electron chi connectivity index (χ3n) is 2.50. The minimum atomic E-state index is -0.0901. The highest BCUT2D eigenvalue weighted by Gasteiger charge is 2.06. The fraction of sp³-hybridized carbons (Fsp3) is 0.500. The predicted molar refractivity (Wildman–Crippen MR) is 62.6 cm³/mol. The Morgan fingerprint density at radius 1 is 1.31 bits per heavy atom. The minimum absolute atomic E-state index is 0.0842. The molecule has 1 rings (SSSR count). The number of benzene rings is 1. The molecule has 0 saturated carbocycles. The van der Waals surface area contributed by atoms with Crippen LogP contribution in [0.15, 0.2) is 18.2 Å². The Morgan fingerprint density at radius 2 is 2.06 bits per heavy atom. The summed E-state index contributed by atoms with van der Waals surface area (Å²) >= 11 is 0. The molecule has 0 aliphatic rings. The first-order valence-corrected chi connectivity index (χ1v) is 5.40. The van der Waals surface area contributed by atoms with E-state index in [0.29, 0.717) is 19.2 Å². The zero-order chi connectivity index (χ0) is 12.0. The highest BCUT2D eigenvalue weighted by atomic mass is 16.5. The van der Waals surface area contributed by atoms with E-state index in [1.165, 1.54) is 6.07 Å². The van der Waals surface area contributed by atoms with Crippen molar-refractivity contribution in [2.45, 2.75) is 25.9 Å². The highest BCUT2D eigenvalue weighted by Crippen LogP contribution is 2.24. The predicted octanol–water partition coefficient (Wildman–Crippen LogP) is 1.61. The van der Waals surface area contributed by atoms with Gasteiger partial charge in [-0.3, -0.25) is 0 Å². The fourth-order valence-electron chi connectivity index (χ4n) is 1.46. The van der Waals surface area contributed by atoms with E-state index >= 15 is 0 Å². The van der Waals surface area contributed by atoms with Crippen LogP contribution in [0.2, 0.25) is 0 Å². The summed E-state index contributed by atoms with van der Waals surface area (Å²) in [4.78, 5) is 0. The summed E-state index contributed by atoms with van der Waals surface area (Å²) in [6, 6.07) is 5.13. The van der Waals surface area contributed by atoms with E-state index in [9.17, 15) is 5.11 Å². The van der Waals surface area contributed by atoms with Crippen LogP contribution in [0.25, 0.3) is 0 Å². The van der Waals surface area contributed by atoms with Crippen molar-refractivity contribution in [1.29, 1.82) is 0 Å². The van der Waals surface area contributed by atoms with Gasteiger partial charge in [0.05, 0.1) is 6.61 Å². The quantitative estimate of drug-likeness (QED) is 0.644. The van der Waals surface area contributed by atoms with E-state index in [4.69, 9.17) is 9.84 Å². The number of ether oxygens (including phenoxy) is 1. The molecule has 0 saturated heterocycles. The van der Waals surface area contributed by atoms with Gasteiger partial charge in [-0.15, -0.1) is 0 Å². The number of aromatic hydroxyl groups is 2. The molecule has 90 valence electrons. The maximum atomic E-state index is 9.32. The van der Waals surface area contributed by atoms with Crippen molar-refractivity contribution in [3.05, 3.63) is 23.8 Å². The van der Waals surface area contributed by atoms with Crippen LogP contribution >= 0.6 is 0 Å². The Kier molecular flexibility index (Phi) is 5.08. The van der Waals surface area contributed by atoms with E-state index in [0.717, 1.165) is 12.0 Å². The van der Waals surface area contributed by atoms with Crippen molar-refractivity contribution in [3.8, 4) is 11.5 Å². The number of phenolic OH excluding ortho intramolecular Hbond substituents is 2. The molecule has 0 aliphatic carbocycles. The molecule has 0 radical (unpaired) electrons. The number of rotatable bonds is 6. The summed E-state index contributed by atoms with van der Waals surface area (Å²) in [5, 5.41) is 21.8. The lowest BCUT2D eigenvalue weighted by atomic mass is 10.1. The van der Waals surface area contributed by atoms with Gasteiger partial charge in [-0.2, -0.15) is 0 Å². The Morgan fingerprint density at radius 3 is 2.62 bits per heavy atom. The van der Waals surface area contributed by atoms with Crippen molar-refractivity contribution in [3.63, 3.8) is 0 Å². The molecule has 1 aromatic carbocycles. The molecule has 0 spiro atoms. The van der Waals surface area contributed by atoms with E-state index in [-0.39, 0.29) is 11.5 Å². The molecule has 0 aliphatic heterocycles. The second kappa shape index (κ2) is 6.35. The van der Waals surface area contributed by atoms with Crippen LogP contribution in [0.3, 0.4) is 0 Å². The molecule has 4 nitrogen and oxygen atoms in total. The lowest BCUT2D eigenvalue weighted by Gasteiger charge is -2.15. The zero-order valence-electron chi connectivity index (χ0n) is 9.73. The maximum absolute atomic E-state index is 9.32. The largest absolute Gasteiger partial charge is 0.504 e. The molecule has 1 unspecified atom stereocenters. The van der Waals surface area contributed by atoms with Crippen molar-refractivity contribution in [2.75, 3.05) is 13.7 Å². The number of methoxy groups -OCH3 is 1. The fourth-order valence-corrected chi connectivity index (χ4v) is 1.46. The standard InChI is InChI=1S/C12H19NO3/c1-3-10(8-16-2)13-7-9-4-5-11(14)12(15)6-9/h4-6,10,13-15H,3,7-8H2,1-2H3. The topological polar surface area (TPSA) is 61.7 Å².